The van der Waals surface area contributed by atoms with Crippen molar-refractivity contribution >= 4 is 22.9 Å². The molecule has 0 aliphatic carbocycles. The summed E-state index contributed by atoms with van der Waals surface area (Å²) in [5.74, 6) is 1.24. The number of aromatic nitrogens is 2. The maximum absolute atomic E-state index is 12.5. The third-order valence-electron chi connectivity index (χ3n) is 4.47. The van der Waals surface area contributed by atoms with Gasteiger partial charge >= 0.3 is 0 Å². The van der Waals surface area contributed by atoms with Gasteiger partial charge in [-0.2, -0.15) is 0 Å². The second kappa shape index (κ2) is 5.87. The molecule has 1 aliphatic rings. The van der Waals surface area contributed by atoms with Gasteiger partial charge in [0, 0.05) is 38.6 Å². The van der Waals surface area contributed by atoms with E-state index >= 15 is 0 Å². The summed E-state index contributed by atoms with van der Waals surface area (Å²) in [4.78, 5) is 21.6. The number of nitrogens with zero attached hydrogens (tertiary/aromatic N) is 4. The lowest BCUT2D eigenvalue weighted by Crippen LogP contribution is -2.41. The summed E-state index contributed by atoms with van der Waals surface area (Å²) in [6.07, 6.45) is 0.977. The molecule has 2 heterocycles. The number of carbonyl (C=O) groups is 1. The molecule has 1 aromatic carbocycles. The Morgan fingerprint density at radius 3 is 2.52 bits per heavy atom. The number of hydrogen-bond donors (Lipinski definition) is 0. The molecule has 0 unspecified atom stereocenters. The van der Waals surface area contributed by atoms with Gasteiger partial charge in [0.2, 0.25) is 11.9 Å². The number of para-hydroxylation sites is 2. The van der Waals surface area contributed by atoms with Crippen LogP contribution >= 0.6 is 0 Å². The van der Waals surface area contributed by atoms with E-state index in [2.05, 4.69) is 22.6 Å². The van der Waals surface area contributed by atoms with Crippen LogP contribution in [0.1, 0.15) is 27.2 Å². The molecule has 0 saturated carbocycles. The van der Waals surface area contributed by atoms with Crippen molar-refractivity contribution in [3.8, 4) is 0 Å². The lowest BCUT2D eigenvalue weighted by molar-refractivity contribution is -0.139. The highest BCUT2D eigenvalue weighted by Crippen LogP contribution is 2.23. The zero-order valence-corrected chi connectivity index (χ0v) is 14.5. The van der Waals surface area contributed by atoms with E-state index in [0.29, 0.717) is 0 Å². The maximum atomic E-state index is 12.5. The monoisotopic (exact) mass is 314 g/mol. The number of carbonyl (C=O) groups excluding carboxylic acids is 1. The van der Waals surface area contributed by atoms with Crippen molar-refractivity contribution < 1.29 is 4.79 Å². The summed E-state index contributed by atoms with van der Waals surface area (Å²) in [5.41, 5.74) is 1.86. The SMILES string of the molecule is Cn1c(N2CCCN(C(=O)C(C)(C)C)CC2)nc2ccccc21. The van der Waals surface area contributed by atoms with Crippen LogP contribution < -0.4 is 4.90 Å². The molecule has 1 amide bonds. The average molecular weight is 314 g/mol. The van der Waals surface area contributed by atoms with Crippen LogP contribution in [0, 0.1) is 5.41 Å². The second-order valence-electron chi connectivity index (χ2n) is 7.34. The molecule has 0 radical (unpaired) electrons. The van der Waals surface area contributed by atoms with Crippen LogP contribution in [-0.4, -0.2) is 46.5 Å². The van der Waals surface area contributed by atoms with Crippen LogP contribution in [0.3, 0.4) is 0 Å². The van der Waals surface area contributed by atoms with E-state index in [-0.39, 0.29) is 11.3 Å². The Labute approximate surface area is 137 Å². The van der Waals surface area contributed by atoms with Crippen LogP contribution in [0.25, 0.3) is 11.0 Å². The van der Waals surface area contributed by atoms with Crippen LogP contribution in [-0.2, 0) is 11.8 Å². The molecule has 0 N–H and O–H groups in total. The predicted octanol–water partition coefficient (Wildman–Crippen LogP) is 2.66. The first kappa shape index (κ1) is 15.8. The minimum Gasteiger partial charge on any atom is -0.340 e. The molecule has 1 aliphatic heterocycles. The quantitative estimate of drug-likeness (QED) is 0.812. The Morgan fingerprint density at radius 2 is 1.83 bits per heavy atom. The fourth-order valence-electron chi connectivity index (χ4n) is 3.21. The largest absolute Gasteiger partial charge is 0.340 e. The number of hydrogen-bond acceptors (Lipinski definition) is 3. The van der Waals surface area contributed by atoms with Gasteiger partial charge in [-0.3, -0.25) is 4.79 Å². The molecule has 3 rings (SSSR count). The van der Waals surface area contributed by atoms with Gasteiger partial charge in [-0.25, -0.2) is 4.98 Å². The molecular formula is C18H26N4O. The third kappa shape index (κ3) is 3.05. The number of anilines is 1. The number of rotatable bonds is 1. The van der Waals surface area contributed by atoms with Gasteiger partial charge in [0.25, 0.3) is 0 Å². The molecule has 0 bridgehead atoms. The van der Waals surface area contributed by atoms with Crippen LogP contribution in [0.15, 0.2) is 24.3 Å². The van der Waals surface area contributed by atoms with Crippen molar-refractivity contribution in [3.63, 3.8) is 0 Å². The lowest BCUT2D eigenvalue weighted by atomic mass is 9.94. The number of benzene rings is 1. The Hall–Kier alpha value is -2.04. The van der Waals surface area contributed by atoms with E-state index in [4.69, 9.17) is 4.98 Å². The third-order valence-corrected chi connectivity index (χ3v) is 4.47. The van der Waals surface area contributed by atoms with E-state index in [1.54, 1.807) is 0 Å². The zero-order valence-electron chi connectivity index (χ0n) is 14.5. The molecular weight excluding hydrogens is 288 g/mol. The van der Waals surface area contributed by atoms with E-state index in [1.807, 2.05) is 43.9 Å². The van der Waals surface area contributed by atoms with Crippen molar-refractivity contribution in [2.75, 3.05) is 31.1 Å². The first-order chi connectivity index (χ1) is 10.9. The summed E-state index contributed by atoms with van der Waals surface area (Å²) >= 11 is 0. The predicted molar refractivity (Wildman–Crippen MR) is 93.6 cm³/mol. The van der Waals surface area contributed by atoms with Gasteiger partial charge in [0.1, 0.15) is 0 Å². The van der Waals surface area contributed by atoms with Crippen molar-refractivity contribution in [3.05, 3.63) is 24.3 Å². The molecule has 5 heteroatoms. The Kier molecular flexibility index (Phi) is 4.04. The molecule has 1 saturated heterocycles. The highest BCUT2D eigenvalue weighted by Gasteiger charge is 2.29. The summed E-state index contributed by atoms with van der Waals surface area (Å²) in [6.45, 7) is 9.33. The van der Waals surface area contributed by atoms with E-state index < -0.39 is 0 Å². The normalized spacial score (nSPS) is 16.7. The number of amides is 1. The Morgan fingerprint density at radius 1 is 1.09 bits per heavy atom. The van der Waals surface area contributed by atoms with Gasteiger partial charge in [0.05, 0.1) is 11.0 Å². The van der Waals surface area contributed by atoms with E-state index in [0.717, 1.165) is 49.6 Å². The van der Waals surface area contributed by atoms with E-state index in [9.17, 15) is 4.79 Å². The highest BCUT2D eigenvalue weighted by molar-refractivity contribution is 5.82. The summed E-state index contributed by atoms with van der Waals surface area (Å²) in [5, 5.41) is 0. The summed E-state index contributed by atoms with van der Waals surface area (Å²) in [7, 11) is 2.06. The number of aryl methyl sites for hydroxylation is 1. The van der Waals surface area contributed by atoms with Gasteiger partial charge in [-0.15, -0.1) is 0 Å². The van der Waals surface area contributed by atoms with Crippen molar-refractivity contribution in [1.29, 1.82) is 0 Å². The fraction of sp³-hybridized carbons (Fsp3) is 0.556. The molecule has 2 aromatic rings. The van der Waals surface area contributed by atoms with Crippen molar-refractivity contribution in [2.24, 2.45) is 12.5 Å². The van der Waals surface area contributed by atoms with Crippen LogP contribution in [0.5, 0.6) is 0 Å². The molecule has 0 spiro atoms. The standard InChI is InChI=1S/C18H26N4O/c1-18(2,3)16(23)21-10-7-11-22(13-12-21)17-19-14-8-5-6-9-15(14)20(17)4/h5-6,8-9H,7,10-13H2,1-4H3. The van der Waals surface area contributed by atoms with Crippen molar-refractivity contribution in [2.45, 2.75) is 27.2 Å². The number of imidazole rings is 1. The fourth-order valence-corrected chi connectivity index (χ4v) is 3.21. The minimum atomic E-state index is -0.312. The van der Waals surface area contributed by atoms with E-state index in [1.165, 1.54) is 0 Å². The molecule has 0 atom stereocenters. The first-order valence-corrected chi connectivity index (χ1v) is 8.34. The zero-order chi connectivity index (χ0) is 16.6. The number of fused-ring (bicyclic) bond motifs is 1. The summed E-state index contributed by atoms with van der Waals surface area (Å²) < 4.78 is 2.15. The van der Waals surface area contributed by atoms with Gasteiger partial charge in [0.15, 0.2) is 0 Å². The highest BCUT2D eigenvalue weighted by atomic mass is 16.2. The maximum Gasteiger partial charge on any atom is 0.228 e. The molecule has 1 aromatic heterocycles. The molecule has 1 fully saturated rings. The second-order valence-corrected chi connectivity index (χ2v) is 7.34. The van der Waals surface area contributed by atoms with Crippen LogP contribution in [0.4, 0.5) is 5.95 Å². The Balaban J connectivity index is 1.80. The smallest absolute Gasteiger partial charge is 0.228 e. The van der Waals surface area contributed by atoms with Crippen LogP contribution in [0.2, 0.25) is 0 Å². The van der Waals surface area contributed by atoms with Gasteiger partial charge in [-0.1, -0.05) is 32.9 Å². The minimum absolute atomic E-state index is 0.240. The van der Waals surface area contributed by atoms with Crippen molar-refractivity contribution in [1.82, 2.24) is 14.5 Å². The van der Waals surface area contributed by atoms with Gasteiger partial charge in [-0.05, 0) is 18.6 Å². The Bertz CT molecular complexity index is 713. The molecule has 124 valence electrons. The topological polar surface area (TPSA) is 41.4 Å². The summed E-state index contributed by atoms with van der Waals surface area (Å²) in [6, 6.07) is 8.20. The average Bonchev–Trinajstić information content (AvgIpc) is 2.70. The van der Waals surface area contributed by atoms with Gasteiger partial charge < -0.3 is 14.4 Å². The first-order valence-electron chi connectivity index (χ1n) is 8.34. The lowest BCUT2D eigenvalue weighted by Gasteiger charge is -2.28. The molecule has 23 heavy (non-hydrogen) atoms. The molecule has 5 nitrogen and oxygen atoms in total.